The number of urea groups is 1. The van der Waals surface area contributed by atoms with Crippen LogP contribution in [0.1, 0.15) is 0 Å². The van der Waals surface area contributed by atoms with E-state index in [0.29, 0.717) is 22.5 Å². The van der Waals surface area contributed by atoms with Crippen molar-refractivity contribution in [2.45, 2.75) is 0 Å². The van der Waals surface area contributed by atoms with Gasteiger partial charge in [0.05, 0.1) is 5.69 Å². The lowest BCUT2D eigenvalue weighted by Crippen LogP contribution is -2.20. The van der Waals surface area contributed by atoms with Crippen molar-refractivity contribution in [1.29, 1.82) is 0 Å². The van der Waals surface area contributed by atoms with E-state index in [2.05, 4.69) is 25.8 Å². The molecule has 0 unspecified atom stereocenters. The van der Waals surface area contributed by atoms with Crippen LogP contribution in [0.25, 0.3) is 22.6 Å². The molecule has 7 nitrogen and oxygen atoms in total. The molecule has 3 aromatic carbocycles. The van der Waals surface area contributed by atoms with E-state index >= 15 is 0 Å². The molecular weight excluding hydrogens is 404 g/mol. The highest BCUT2D eigenvalue weighted by Crippen LogP contribution is 2.24. The van der Waals surface area contributed by atoms with Gasteiger partial charge in [0.2, 0.25) is 0 Å². The Morgan fingerprint density at radius 3 is 2.13 bits per heavy atom. The normalized spacial score (nSPS) is 10.5. The number of hydrogen-bond acceptors (Lipinski definition) is 4. The number of H-pyrrole nitrogens is 1. The Morgan fingerprint density at radius 2 is 1.45 bits per heavy atom. The van der Waals surface area contributed by atoms with Gasteiger partial charge in [-0.2, -0.15) is 0 Å². The van der Waals surface area contributed by atoms with Crippen molar-refractivity contribution in [1.82, 2.24) is 15.2 Å². The van der Waals surface area contributed by atoms with Crippen molar-refractivity contribution in [2.24, 2.45) is 0 Å². The zero-order chi connectivity index (χ0) is 21.8. The average Bonchev–Trinajstić information content (AvgIpc) is 2.76. The van der Waals surface area contributed by atoms with Gasteiger partial charge in [0.1, 0.15) is 11.6 Å². The number of nitrogens with zero attached hydrogens (tertiary/aromatic N) is 2. The van der Waals surface area contributed by atoms with Gasteiger partial charge in [-0.15, -0.1) is 10.2 Å². The number of carbonyl (C=O) groups excluding carboxylic acids is 1. The third-order valence-corrected chi connectivity index (χ3v) is 4.35. The maximum atomic E-state index is 13.1. The number of carbonyl (C=O) groups is 1. The number of amides is 2. The zero-order valence-corrected chi connectivity index (χ0v) is 15.9. The van der Waals surface area contributed by atoms with Crippen LogP contribution in [0.15, 0.2) is 77.6 Å². The van der Waals surface area contributed by atoms with Crippen LogP contribution in [0.3, 0.4) is 0 Å². The summed E-state index contributed by atoms with van der Waals surface area (Å²) in [7, 11) is 0. The first kappa shape index (κ1) is 19.9. The Balaban J connectivity index is 1.58. The summed E-state index contributed by atoms with van der Waals surface area (Å²) in [5, 5.41) is 13.3. The summed E-state index contributed by atoms with van der Waals surface area (Å²) in [5.74, 6) is -0.694. The largest absolute Gasteiger partial charge is 0.323 e. The monoisotopic (exact) mass is 419 g/mol. The van der Waals surface area contributed by atoms with E-state index in [1.807, 2.05) is 0 Å². The van der Waals surface area contributed by atoms with Crippen LogP contribution in [0.5, 0.6) is 0 Å². The lowest BCUT2D eigenvalue weighted by atomic mass is 10.1. The molecule has 0 spiro atoms. The fraction of sp³-hybridized carbons (Fsp3) is 0. The number of halogens is 2. The molecular formula is C22H15F2N5O2. The molecule has 2 amide bonds. The summed E-state index contributed by atoms with van der Waals surface area (Å²) < 4.78 is 26.1. The number of nitrogens with one attached hydrogen (secondary N) is 3. The van der Waals surface area contributed by atoms with Gasteiger partial charge in [-0.25, -0.2) is 13.6 Å². The quantitative estimate of drug-likeness (QED) is 0.456. The summed E-state index contributed by atoms with van der Waals surface area (Å²) in [6.07, 6.45) is 0. The summed E-state index contributed by atoms with van der Waals surface area (Å²) in [5.41, 5.74) is 1.18. The van der Waals surface area contributed by atoms with Crippen LogP contribution in [0.2, 0.25) is 0 Å². The minimum absolute atomic E-state index is 0.0447. The molecule has 0 bridgehead atoms. The molecule has 154 valence electrons. The second kappa shape index (κ2) is 8.54. The molecule has 0 fully saturated rings. The fourth-order valence-corrected chi connectivity index (χ4v) is 2.87. The summed E-state index contributed by atoms with van der Waals surface area (Å²) in [4.78, 5) is 27.5. The highest BCUT2D eigenvalue weighted by atomic mass is 19.1. The van der Waals surface area contributed by atoms with Crippen LogP contribution in [0, 0.1) is 11.6 Å². The number of hydrogen-bond donors (Lipinski definition) is 3. The van der Waals surface area contributed by atoms with Gasteiger partial charge in [0.25, 0.3) is 5.56 Å². The fourth-order valence-electron chi connectivity index (χ4n) is 2.87. The number of rotatable bonds is 4. The summed E-state index contributed by atoms with van der Waals surface area (Å²) >= 11 is 0. The molecule has 4 aromatic rings. The van der Waals surface area contributed by atoms with E-state index in [1.54, 1.807) is 24.3 Å². The predicted octanol–water partition coefficient (Wildman–Crippen LogP) is 4.42. The zero-order valence-electron chi connectivity index (χ0n) is 15.9. The highest BCUT2D eigenvalue weighted by Gasteiger charge is 2.13. The van der Waals surface area contributed by atoms with E-state index in [4.69, 9.17) is 0 Å². The topological polar surface area (TPSA) is 99.8 Å². The third-order valence-electron chi connectivity index (χ3n) is 4.35. The molecule has 0 atom stereocenters. The molecule has 0 radical (unpaired) electrons. The predicted molar refractivity (Wildman–Crippen MR) is 113 cm³/mol. The van der Waals surface area contributed by atoms with Crippen molar-refractivity contribution in [3.8, 4) is 22.6 Å². The van der Waals surface area contributed by atoms with Crippen molar-refractivity contribution in [3.05, 3.63) is 94.8 Å². The minimum Gasteiger partial charge on any atom is -0.308 e. The number of benzene rings is 3. The van der Waals surface area contributed by atoms with Crippen molar-refractivity contribution in [3.63, 3.8) is 0 Å². The first-order chi connectivity index (χ1) is 15.0. The van der Waals surface area contributed by atoms with Gasteiger partial charge in [-0.1, -0.05) is 12.1 Å². The average molecular weight is 419 g/mol. The molecule has 0 saturated heterocycles. The number of aromatic nitrogens is 3. The SMILES string of the molecule is O=C(Nc1ccc(F)cc1)Nc1ccccc1-c1nnc(-c2ccc(F)cc2)c(=O)[nH]1. The molecule has 4 rings (SSSR count). The van der Waals surface area contributed by atoms with Gasteiger partial charge < -0.3 is 15.6 Å². The van der Waals surface area contributed by atoms with E-state index in [1.165, 1.54) is 48.5 Å². The lowest BCUT2D eigenvalue weighted by molar-refractivity contribution is 0.262. The molecule has 0 aliphatic heterocycles. The maximum absolute atomic E-state index is 13.1. The van der Waals surface area contributed by atoms with Crippen LogP contribution in [0.4, 0.5) is 25.0 Å². The molecule has 1 aromatic heterocycles. The third kappa shape index (κ3) is 4.61. The highest BCUT2D eigenvalue weighted by molar-refractivity contribution is 6.01. The van der Waals surface area contributed by atoms with Gasteiger partial charge in [0, 0.05) is 16.8 Å². The Bertz CT molecular complexity index is 1290. The molecule has 3 N–H and O–H groups in total. The van der Waals surface area contributed by atoms with Crippen LogP contribution >= 0.6 is 0 Å². The number of aromatic amines is 1. The maximum Gasteiger partial charge on any atom is 0.323 e. The lowest BCUT2D eigenvalue weighted by Gasteiger charge is -2.11. The first-order valence-electron chi connectivity index (χ1n) is 9.15. The summed E-state index contributed by atoms with van der Waals surface area (Å²) in [6, 6.07) is 16.8. The number of anilines is 2. The molecule has 1 heterocycles. The Hall–Kier alpha value is -4.40. The Morgan fingerprint density at radius 1 is 0.806 bits per heavy atom. The minimum atomic E-state index is -0.558. The standard InChI is InChI=1S/C22H15F2N5O2/c23-14-7-5-13(6-8-14)19-21(30)27-20(29-28-19)17-3-1-2-4-18(17)26-22(31)25-16-11-9-15(24)10-12-16/h1-12H,(H2,25,26,31)(H,27,29,30). The Kier molecular flexibility index (Phi) is 5.48. The van der Waals surface area contributed by atoms with Crippen molar-refractivity contribution >= 4 is 17.4 Å². The van der Waals surface area contributed by atoms with Gasteiger partial charge in [-0.05, 0) is 60.7 Å². The van der Waals surface area contributed by atoms with Gasteiger partial charge in [-0.3, -0.25) is 4.79 Å². The molecule has 31 heavy (non-hydrogen) atoms. The second-order valence-corrected chi connectivity index (χ2v) is 6.49. The van der Waals surface area contributed by atoms with E-state index in [0.717, 1.165) is 0 Å². The molecule has 9 heteroatoms. The number of para-hydroxylation sites is 1. The van der Waals surface area contributed by atoms with Gasteiger partial charge in [0.15, 0.2) is 11.5 Å². The molecule has 0 aliphatic rings. The van der Waals surface area contributed by atoms with E-state index < -0.39 is 23.2 Å². The molecule has 0 saturated carbocycles. The van der Waals surface area contributed by atoms with E-state index in [-0.39, 0.29) is 11.5 Å². The van der Waals surface area contributed by atoms with Crippen LogP contribution < -0.4 is 16.2 Å². The van der Waals surface area contributed by atoms with Crippen LogP contribution in [-0.4, -0.2) is 21.2 Å². The smallest absolute Gasteiger partial charge is 0.308 e. The van der Waals surface area contributed by atoms with Gasteiger partial charge >= 0.3 is 6.03 Å². The van der Waals surface area contributed by atoms with Crippen molar-refractivity contribution < 1.29 is 13.6 Å². The first-order valence-corrected chi connectivity index (χ1v) is 9.15. The molecule has 0 aliphatic carbocycles. The van der Waals surface area contributed by atoms with Crippen LogP contribution in [-0.2, 0) is 0 Å². The van der Waals surface area contributed by atoms with Crippen molar-refractivity contribution in [2.75, 3.05) is 10.6 Å². The van der Waals surface area contributed by atoms with E-state index in [9.17, 15) is 18.4 Å². The second-order valence-electron chi connectivity index (χ2n) is 6.49. The Labute approximate surface area is 174 Å². The summed E-state index contributed by atoms with van der Waals surface area (Å²) in [6.45, 7) is 0.